The first-order chi connectivity index (χ1) is 8.10. The van der Waals surface area contributed by atoms with E-state index in [1.54, 1.807) is 24.3 Å². The van der Waals surface area contributed by atoms with Crippen LogP contribution in [0, 0.1) is 0 Å². The van der Waals surface area contributed by atoms with Gasteiger partial charge in [-0.2, -0.15) is 8.78 Å². The van der Waals surface area contributed by atoms with E-state index in [9.17, 15) is 13.6 Å². The summed E-state index contributed by atoms with van der Waals surface area (Å²) in [5, 5.41) is 2.29. The Morgan fingerprint density at radius 3 is 2.59 bits per heavy atom. The number of hydrogen-bond donors (Lipinski definition) is 1. The minimum atomic E-state index is -3.00. The lowest BCUT2D eigenvalue weighted by atomic mass is 10.0. The summed E-state index contributed by atoms with van der Waals surface area (Å²) in [4.78, 5) is 11.0. The fourth-order valence-electron chi connectivity index (χ4n) is 1.59. The molecule has 0 saturated heterocycles. The number of amides is 1. The SMILES string of the molecule is CCC(NC(=O)C(F)F)c1ccccc1OC. The highest BCUT2D eigenvalue weighted by Gasteiger charge is 2.21. The molecule has 0 heterocycles. The van der Waals surface area contributed by atoms with Crippen LogP contribution in [0.1, 0.15) is 24.9 Å². The summed E-state index contributed by atoms with van der Waals surface area (Å²) in [7, 11) is 1.50. The Balaban J connectivity index is 2.89. The van der Waals surface area contributed by atoms with E-state index in [4.69, 9.17) is 4.74 Å². The van der Waals surface area contributed by atoms with Crippen LogP contribution in [0.4, 0.5) is 8.78 Å². The number of benzene rings is 1. The van der Waals surface area contributed by atoms with Crippen molar-refractivity contribution in [3.63, 3.8) is 0 Å². The molecule has 17 heavy (non-hydrogen) atoms. The number of hydrogen-bond acceptors (Lipinski definition) is 2. The van der Waals surface area contributed by atoms with Crippen molar-refractivity contribution >= 4 is 5.91 Å². The van der Waals surface area contributed by atoms with Crippen LogP contribution in [0.3, 0.4) is 0 Å². The molecule has 0 aliphatic heterocycles. The molecule has 1 unspecified atom stereocenters. The highest BCUT2D eigenvalue weighted by molar-refractivity contribution is 5.79. The zero-order chi connectivity index (χ0) is 12.8. The van der Waals surface area contributed by atoms with Crippen LogP contribution >= 0.6 is 0 Å². The summed E-state index contributed by atoms with van der Waals surface area (Å²) in [5.74, 6) is -0.684. The first kappa shape index (κ1) is 13.4. The van der Waals surface area contributed by atoms with Crippen LogP contribution < -0.4 is 10.1 Å². The fourth-order valence-corrected chi connectivity index (χ4v) is 1.59. The molecule has 1 atom stereocenters. The van der Waals surface area contributed by atoms with E-state index < -0.39 is 18.4 Å². The average molecular weight is 243 g/mol. The van der Waals surface area contributed by atoms with Gasteiger partial charge in [-0.05, 0) is 12.5 Å². The number of para-hydroxylation sites is 1. The maximum absolute atomic E-state index is 12.2. The van der Waals surface area contributed by atoms with E-state index in [-0.39, 0.29) is 0 Å². The van der Waals surface area contributed by atoms with Crippen molar-refractivity contribution in [2.75, 3.05) is 7.11 Å². The van der Waals surface area contributed by atoms with Crippen molar-refractivity contribution in [1.82, 2.24) is 5.32 Å². The standard InChI is InChI=1S/C12H15F2NO2/c1-3-9(15-12(16)11(13)14)8-6-4-5-7-10(8)17-2/h4-7,9,11H,3H2,1-2H3,(H,15,16). The highest BCUT2D eigenvalue weighted by Crippen LogP contribution is 2.26. The third-order valence-corrected chi connectivity index (χ3v) is 2.44. The molecular weight excluding hydrogens is 228 g/mol. The average Bonchev–Trinajstić information content (AvgIpc) is 2.35. The lowest BCUT2D eigenvalue weighted by Crippen LogP contribution is -2.33. The van der Waals surface area contributed by atoms with Gasteiger partial charge in [-0.3, -0.25) is 4.79 Å². The predicted octanol–water partition coefficient (Wildman–Crippen LogP) is 2.53. The summed E-state index contributed by atoms with van der Waals surface area (Å²) in [6, 6.07) is 6.57. The molecule has 0 spiro atoms. The molecule has 1 N–H and O–H groups in total. The van der Waals surface area contributed by atoms with Crippen molar-refractivity contribution in [2.24, 2.45) is 0 Å². The third kappa shape index (κ3) is 3.41. The van der Waals surface area contributed by atoms with Crippen LogP contribution in [-0.2, 0) is 4.79 Å². The number of methoxy groups -OCH3 is 1. The summed E-state index contributed by atoms with van der Waals surface area (Å²) in [6.45, 7) is 1.81. The van der Waals surface area contributed by atoms with Crippen molar-refractivity contribution in [1.29, 1.82) is 0 Å². The minimum absolute atomic E-state index is 0.465. The van der Waals surface area contributed by atoms with Gasteiger partial charge in [0.1, 0.15) is 5.75 Å². The smallest absolute Gasteiger partial charge is 0.315 e. The second-order valence-electron chi connectivity index (χ2n) is 3.51. The summed E-state index contributed by atoms with van der Waals surface area (Å²) in [5.41, 5.74) is 0.700. The van der Waals surface area contributed by atoms with Crippen molar-refractivity contribution in [3.8, 4) is 5.75 Å². The lowest BCUT2D eigenvalue weighted by Gasteiger charge is -2.19. The van der Waals surface area contributed by atoms with Crippen molar-refractivity contribution in [3.05, 3.63) is 29.8 Å². The molecule has 0 aromatic heterocycles. The van der Waals surface area contributed by atoms with Gasteiger partial charge in [0.2, 0.25) is 0 Å². The largest absolute Gasteiger partial charge is 0.496 e. The zero-order valence-corrected chi connectivity index (χ0v) is 9.74. The van der Waals surface area contributed by atoms with Gasteiger partial charge >= 0.3 is 6.43 Å². The molecular formula is C12H15F2NO2. The van der Waals surface area contributed by atoms with Gasteiger partial charge in [0.05, 0.1) is 13.2 Å². The molecule has 1 rings (SSSR count). The van der Waals surface area contributed by atoms with E-state index in [1.807, 2.05) is 6.92 Å². The number of alkyl halides is 2. The van der Waals surface area contributed by atoms with Gasteiger partial charge in [0.25, 0.3) is 5.91 Å². The first-order valence-corrected chi connectivity index (χ1v) is 5.31. The number of halogens is 2. The summed E-state index contributed by atoms with van der Waals surface area (Å²) >= 11 is 0. The minimum Gasteiger partial charge on any atom is -0.496 e. The normalized spacial score (nSPS) is 12.3. The second-order valence-corrected chi connectivity index (χ2v) is 3.51. The Morgan fingerprint density at radius 2 is 2.06 bits per heavy atom. The van der Waals surface area contributed by atoms with Crippen LogP contribution in [0.15, 0.2) is 24.3 Å². The fraction of sp³-hybridized carbons (Fsp3) is 0.417. The first-order valence-electron chi connectivity index (χ1n) is 5.31. The van der Waals surface area contributed by atoms with E-state index in [2.05, 4.69) is 5.32 Å². The Hall–Kier alpha value is -1.65. The van der Waals surface area contributed by atoms with Gasteiger partial charge in [0.15, 0.2) is 0 Å². The number of ether oxygens (including phenoxy) is 1. The summed E-state index contributed by atoms with van der Waals surface area (Å²) in [6.07, 6.45) is -2.49. The van der Waals surface area contributed by atoms with Gasteiger partial charge < -0.3 is 10.1 Å². The Labute approximate surface area is 98.8 Å². The van der Waals surface area contributed by atoms with E-state index >= 15 is 0 Å². The molecule has 1 amide bonds. The number of rotatable bonds is 5. The maximum atomic E-state index is 12.2. The number of carbonyl (C=O) groups is 1. The van der Waals surface area contributed by atoms with Crippen LogP contribution in [0.2, 0.25) is 0 Å². The molecule has 0 fully saturated rings. The van der Waals surface area contributed by atoms with Crippen LogP contribution in [0.5, 0.6) is 5.75 Å². The van der Waals surface area contributed by atoms with E-state index in [0.717, 1.165) is 0 Å². The molecule has 3 nitrogen and oxygen atoms in total. The molecule has 0 aliphatic rings. The Bertz CT molecular complexity index is 383. The molecule has 5 heteroatoms. The predicted molar refractivity (Wildman–Crippen MR) is 60.2 cm³/mol. The molecule has 0 saturated carbocycles. The van der Waals surface area contributed by atoms with Gasteiger partial charge in [-0.1, -0.05) is 25.1 Å². The van der Waals surface area contributed by atoms with Crippen LogP contribution in [-0.4, -0.2) is 19.4 Å². The Morgan fingerprint density at radius 1 is 1.41 bits per heavy atom. The third-order valence-electron chi connectivity index (χ3n) is 2.44. The van der Waals surface area contributed by atoms with Gasteiger partial charge in [0, 0.05) is 5.56 Å². The highest BCUT2D eigenvalue weighted by atomic mass is 19.3. The molecule has 1 aromatic rings. The second kappa shape index (κ2) is 6.18. The molecule has 0 aliphatic carbocycles. The van der Waals surface area contributed by atoms with Gasteiger partial charge in [-0.15, -0.1) is 0 Å². The Kier molecular flexibility index (Phi) is 4.87. The van der Waals surface area contributed by atoms with E-state index in [0.29, 0.717) is 17.7 Å². The summed E-state index contributed by atoms with van der Waals surface area (Å²) < 4.78 is 29.5. The topological polar surface area (TPSA) is 38.3 Å². The quantitative estimate of drug-likeness (QED) is 0.863. The van der Waals surface area contributed by atoms with E-state index in [1.165, 1.54) is 7.11 Å². The van der Waals surface area contributed by atoms with Gasteiger partial charge in [-0.25, -0.2) is 0 Å². The molecule has 94 valence electrons. The molecule has 0 radical (unpaired) electrons. The molecule has 0 bridgehead atoms. The lowest BCUT2D eigenvalue weighted by molar-refractivity contribution is -0.132. The number of nitrogens with one attached hydrogen (secondary N) is 1. The monoisotopic (exact) mass is 243 g/mol. The maximum Gasteiger partial charge on any atom is 0.315 e. The van der Waals surface area contributed by atoms with Crippen molar-refractivity contribution < 1.29 is 18.3 Å². The zero-order valence-electron chi connectivity index (χ0n) is 9.74. The van der Waals surface area contributed by atoms with Crippen molar-refractivity contribution in [2.45, 2.75) is 25.8 Å². The van der Waals surface area contributed by atoms with Crippen LogP contribution in [0.25, 0.3) is 0 Å². The number of carbonyl (C=O) groups excluding carboxylic acids is 1. The molecule has 1 aromatic carbocycles.